The van der Waals surface area contributed by atoms with Gasteiger partial charge in [0.15, 0.2) is 11.5 Å². The normalized spacial score (nSPS) is 11.9. The molecular weight excluding hydrogens is 266 g/mol. The molecule has 0 saturated carbocycles. The third-order valence-corrected chi connectivity index (χ3v) is 3.56. The highest BCUT2D eigenvalue weighted by Gasteiger charge is 2.14. The molecule has 2 aromatic carbocycles. The van der Waals surface area contributed by atoms with E-state index < -0.39 is 0 Å². The van der Waals surface area contributed by atoms with E-state index in [1.165, 1.54) is 0 Å². The van der Waals surface area contributed by atoms with Crippen LogP contribution in [0.5, 0.6) is 17.2 Å². The van der Waals surface area contributed by atoms with Gasteiger partial charge in [0.05, 0.1) is 27.4 Å². The smallest absolute Gasteiger partial charge is 0.161 e. The average molecular weight is 287 g/mol. The minimum atomic E-state index is -0.251. The van der Waals surface area contributed by atoms with Crippen molar-refractivity contribution in [2.24, 2.45) is 5.73 Å². The van der Waals surface area contributed by atoms with Crippen molar-refractivity contribution in [3.05, 3.63) is 53.1 Å². The second-order valence-electron chi connectivity index (χ2n) is 4.82. The van der Waals surface area contributed by atoms with Crippen LogP contribution in [-0.4, -0.2) is 21.3 Å². The summed E-state index contributed by atoms with van der Waals surface area (Å²) in [5, 5.41) is 0. The minimum absolute atomic E-state index is 0.251. The summed E-state index contributed by atoms with van der Waals surface area (Å²) < 4.78 is 15.9. The number of nitrogens with two attached hydrogens (primary N) is 1. The lowest BCUT2D eigenvalue weighted by atomic mass is 9.98. The highest BCUT2D eigenvalue weighted by Crippen LogP contribution is 2.32. The van der Waals surface area contributed by atoms with Crippen LogP contribution < -0.4 is 19.9 Å². The number of ether oxygens (including phenoxy) is 3. The second-order valence-corrected chi connectivity index (χ2v) is 4.82. The third kappa shape index (κ3) is 3.11. The zero-order valence-corrected chi connectivity index (χ0v) is 12.8. The maximum absolute atomic E-state index is 6.35. The quantitative estimate of drug-likeness (QED) is 0.918. The zero-order valence-electron chi connectivity index (χ0n) is 12.8. The van der Waals surface area contributed by atoms with E-state index in [1.54, 1.807) is 21.3 Å². The van der Waals surface area contributed by atoms with E-state index in [-0.39, 0.29) is 6.04 Å². The summed E-state index contributed by atoms with van der Waals surface area (Å²) in [6.07, 6.45) is 0. The van der Waals surface area contributed by atoms with Gasteiger partial charge < -0.3 is 19.9 Å². The Morgan fingerprint density at radius 1 is 0.762 bits per heavy atom. The number of hydrogen-bond acceptors (Lipinski definition) is 4. The molecule has 1 atom stereocenters. The van der Waals surface area contributed by atoms with Crippen LogP contribution in [0.4, 0.5) is 0 Å². The predicted octanol–water partition coefficient (Wildman–Crippen LogP) is 3.07. The van der Waals surface area contributed by atoms with Gasteiger partial charge in [-0.15, -0.1) is 0 Å². The molecule has 0 bridgehead atoms. The highest BCUT2D eigenvalue weighted by atomic mass is 16.5. The summed E-state index contributed by atoms with van der Waals surface area (Å²) >= 11 is 0. The lowest BCUT2D eigenvalue weighted by Gasteiger charge is -2.16. The Morgan fingerprint density at radius 3 is 1.86 bits per heavy atom. The first-order chi connectivity index (χ1) is 10.1. The fourth-order valence-corrected chi connectivity index (χ4v) is 2.27. The van der Waals surface area contributed by atoms with Crippen molar-refractivity contribution in [3.8, 4) is 17.2 Å². The van der Waals surface area contributed by atoms with Gasteiger partial charge in [-0.25, -0.2) is 0 Å². The molecular formula is C17H21NO3. The van der Waals surface area contributed by atoms with E-state index in [1.807, 2.05) is 43.3 Å². The summed E-state index contributed by atoms with van der Waals surface area (Å²) in [5.41, 5.74) is 9.38. The predicted molar refractivity (Wildman–Crippen MR) is 83.3 cm³/mol. The number of benzene rings is 2. The van der Waals surface area contributed by atoms with Gasteiger partial charge in [0.25, 0.3) is 0 Å². The summed E-state index contributed by atoms with van der Waals surface area (Å²) in [7, 11) is 4.89. The van der Waals surface area contributed by atoms with Gasteiger partial charge in [0.2, 0.25) is 0 Å². The lowest BCUT2D eigenvalue weighted by molar-refractivity contribution is 0.354. The molecule has 0 aliphatic rings. The minimum Gasteiger partial charge on any atom is -0.496 e. The summed E-state index contributed by atoms with van der Waals surface area (Å²) in [4.78, 5) is 0. The molecule has 112 valence electrons. The molecule has 4 nitrogen and oxygen atoms in total. The Balaban J connectivity index is 2.37. The first-order valence-corrected chi connectivity index (χ1v) is 6.72. The molecule has 21 heavy (non-hydrogen) atoms. The molecule has 0 heterocycles. The number of methoxy groups -OCH3 is 3. The maximum atomic E-state index is 6.35. The van der Waals surface area contributed by atoms with Crippen LogP contribution in [0.3, 0.4) is 0 Å². The summed E-state index contributed by atoms with van der Waals surface area (Å²) in [5.74, 6) is 2.20. The van der Waals surface area contributed by atoms with Crippen molar-refractivity contribution in [2.45, 2.75) is 13.0 Å². The molecule has 0 saturated heterocycles. The molecule has 0 amide bonds. The molecule has 0 fully saturated rings. The van der Waals surface area contributed by atoms with Crippen LogP contribution in [0.15, 0.2) is 36.4 Å². The van der Waals surface area contributed by atoms with Gasteiger partial charge in [-0.3, -0.25) is 0 Å². The largest absolute Gasteiger partial charge is 0.496 e. The van der Waals surface area contributed by atoms with Crippen molar-refractivity contribution < 1.29 is 14.2 Å². The van der Waals surface area contributed by atoms with Crippen molar-refractivity contribution in [3.63, 3.8) is 0 Å². The molecule has 0 aliphatic heterocycles. The number of hydrogen-bond donors (Lipinski definition) is 1. The first-order valence-electron chi connectivity index (χ1n) is 6.72. The molecule has 2 rings (SSSR count). The zero-order chi connectivity index (χ0) is 15.4. The Bertz CT molecular complexity index is 625. The monoisotopic (exact) mass is 287 g/mol. The number of rotatable bonds is 5. The van der Waals surface area contributed by atoms with Crippen LogP contribution in [0.1, 0.15) is 22.7 Å². The SMILES string of the molecule is COc1cc(C(N)c2ccc(OC)c(OC)c2)ccc1C. The Hall–Kier alpha value is -2.20. The Kier molecular flexibility index (Phi) is 4.70. The molecule has 2 aromatic rings. The number of aryl methyl sites for hydroxylation is 1. The Labute approximate surface area is 125 Å². The maximum Gasteiger partial charge on any atom is 0.161 e. The fourth-order valence-electron chi connectivity index (χ4n) is 2.27. The molecule has 1 unspecified atom stereocenters. The van der Waals surface area contributed by atoms with Gasteiger partial charge in [0.1, 0.15) is 5.75 Å². The van der Waals surface area contributed by atoms with Gasteiger partial charge in [-0.1, -0.05) is 18.2 Å². The van der Waals surface area contributed by atoms with Crippen molar-refractivity contribution in [2.75, 3.05) is 21.3 Å². The first kappa shape index (κ1) is 15.2. The van der Waals surface area contributed by atoms with Crippen molar-refractivity contribution >= 4 is 0 Å². The van der Waals surface area contributed by atoms with Crippen LogP contribution in [0.25, 0.3) is 0 Å². The highest BCUT2D eigenvalue weighted by molar-refractivity contribution is 5.47. The average Bonchev–Trinajstić information content (AvgIpc) is 2.53. The van der Waals surface area contributed by atoms with Crippen molar-refractivity contribution in [1.29, 1.82) is 0 Å². The van der Waals surface area contributed by atoms with E-state index >= 15 is 0 Å². The topological polar surface area (TPSA) is 53.7 Å². The molecule has 4 heteroatoms. The van der Waals surface area contributed by atoms with Crippen LogP contribution in [0, 0.1) is 6.92 Å². The van der Waals surface area contributed by atoms with Crippen LogP contribution in [-0.2, 0) is 0 Å². The fraction of sp³-hybridized carbons (Fsp3) is 0.294. The van der Waals surface area contributed by atoms with Gasteiger partial charge in [-0.2, -0.15) is 0 Å². The molecule has 2 N–H and O–H groups in total. The lowest BCUT2D eigenvalue weighted by Crippen LogP contribution is -2.12. The molecule has 0 aromatic heterocycles. The van der Waals surface area contributed by atoms with Gasteiger partial charge >= 0.3 is 0 Å². The van der Waals surface area contributed by atoms with Gasteiger partial charge in [0, 0.05) is 0 Å². The third-order valence-electron chi connectivity index (χ3n) is 3.56. The van der Waals surface area contributed by atoms with Gasteiger partial charge in [-0.05, 0) is 41.8 Å². The molecule has 0 radical (unpaired) electrons. The summed E-state index contributed by atoms with van der Waals surface area (Å²) in [6.45, 7) is 2.00. The van der Waals surface area contributed by atoms with Crippen LogP contribution >= 0.6 is 0 Å². The summed E-state index contributed by atoms with van der Waals surface area (Å²) in [6, 6.07) is 11.4. The van der Waals surface area contributed by atoms with E-state index in [9.17, 15) is 0 Å². The van der Waals surface area contributed by atoms with Crippen molar-refractivity contribution in [1.82, 2.24) is 0 Å². The van der Waals surface area contributed by atoms with Crippen LogP contribution in [0.2, 0.25) is 0 Å². The molecule has 0 aliphatic carbocycles. The standard InChI is InChI=1S/C17H21NO3/c1-11-5-6-12(9-15(11)20-3)17(18)13-7-8-14(19-2)16(10-13)21-4/h5-10,17H,18H2,1-4H3. The second kappa shape index (κ2) is 6.50. The van der Waals surface area contributed by atoms with E-state index in [0.29, 0.717) is 11.5 Å². The van der Waals surface area contributed by atoms with E-state index in [4.69, 9.17) is 19.9 Å². The van der Waals surface area contributed by atoms with E-state index in [0.717, 1.165) is 22.4 Å². The van der Waals surface area contributed by atoms with E-state index in [2.05, 4.69) is 0 Å². The molecule has 0 spiro atoms. The Morgan fingerprint density at radius 2 is 1.29 bits per heavy atom.